The van der Waals surface area contributed by atoms with Crippen LogP contribution in [0, 0.1) is 0 Å². The highest BCUT2D eigenvalue weighted by Gasteiger charge is 1.98. The first-order valence-electron chi connectivity index (χ1n) is 5.02. The molecule has 82 valence electrons. The molecule has 3 nitrogen and oxygen atoms in total. The van der Waals surface area contributed by atoms with Gasteiger partial charge in [0, 0.05) is 11.3 Å². The quantitative estimate of drug-likeness (QED) is 0.571. The zero-order valence-corrected chi connectivity index (χ0v) is 9.29. The smallest absolute Gasteiger partial charge is 0.126 e. The van der Waals surface area contributed by atoms with Crippen molar-refractivity contribution < 1.29 is 4.74 Å². The number of nitrogens with one attached hydrogen (secondary N) is 1. The molecule has 0 saturated carbocycles. The average Bonchev–Trinajstić information content (AvgIpc) is 2.25. The Morgan fingerprint density at radius 1 is 1.47 bits per heavy atom. The average molecular weight is 206 g/mol. The lowest BCUT2D eigenvalue weighted by atomic mass is 10.1. The standard InChI is InChI=1S/C12H18N2O/c1-14-8-4-3-5-10-9-11(13)6-7-12(10)15-2/h3,5-7,9,14H,4,8,13H2,1-2H3. The van der Waals surface area contributed by atoms with Gasteiger partial charge in [-0.3, -0.25) is 0 Å². The summed E-state index contributed by atoms with van der Waals surface area (Å²) in [7, 11) is 3.60. The molecule has 0 spiro atoms. The van der Waals surface area contributed by atoms with Gasteiger partial charge in [0.1, 0.15) is 5.75 Å². The molecule has 3 heteroatoms. The molecule has 0 unspecified atom stereocenters. The van der Waals surface area contributed by atoms with Crippen molar-refractivity contribution in [2.45, 2.75) is 6.42 Å². The Morgan fingerprint density at radius 2 is 2.27 bits per heavy atom. The molecular weight excluding hydrogens is 188 g/mol. The summed E-state index contributed by atoms with van der Waals surface area (Å²) in [4.78, 5) is 0. The van der Waals surface area contributed by atoms with Crippen molar-refractivity contribution in [1.82, 2.24) is 5.32 Å². The minimum Gasteiger partial charge on any atom is -0.496 e. The molecule has 0 bridgehead atoms. The zero-order chi connectivity index (χ0) is 11.1. The van der Waals surface area contributed by atoms with Crippen LogP contribution in [0.3, 0.4) is 0 Å². The highest BCUT2D eigenvalue weighted by molar-refractivity contribution is 5.62. The van der Waals surface area contributed by atoms with Gasteiger partial charge in [0.05, 0.1) is 7.11 Å². The Bertz CT molecular complexity index is 334. The lowest BCUT2D eigenvalue weighted by molar-refractivity contribution is 0.414. The second-order valence-electron chi connectivity index (χ2n) is 3.30. The van der Waals surface area contributed by atoms with Crippen LogP contribution in [-0.2, 0) is 0 Å². The monoisotopic (exact) mass is 206 g/mol. The third-order valence-electron chi connectivity index (χ3n) is 2.11. The maximum Gasteiger partial charge on any atom is 0.126 e. The van der Waals surface area contributed by atoms with Gasteiger partial charge in [-0.25, -0.2) is 0 Å². The van der Waals surface area contributed by atoms with Gasteiger partial charge >= 0.3 is 0 Å². The predicted molar refractivity (Wildman–Crippen MR) is 65.0 cm³/mol. The van der Waals surface area contributed by atoms with Gasteiger partial charge in [-0.05, 0) is 38.2 Å². The second-order valence-corrected chi connectivity index (χ2v) is 3.30. The van der Waals surface area contributed by atoms with Crippen molar-refractivity contribution in [3.8, 4) is 5.75 Å². The number of rotatable bonds is 5. The summed E-state index contributed by atoms with van der Waals surface area (Å²) in [6.45, 7) is 0.973. The molecule has 3 N–H and O–H groups in total. The number of methoxy groups -OCH3 is 1. The number of nitrogens with two attached hydrogens (primary N) is 1. The summed E-state index contributed by atoms with van der Waals surface area (Å²) in [6, 6.07) is 5.63. The van der Waals surface area contributed by atoms with Crippen molar-refractivity contribution in [2.75, 3.05) is 26.4 Å². The van der Waals surface area contributed by atoms with Crippen LogP contribution in [0.25, 0.3) is 6.08 Å². The molecule has 0 aromatic heterocycles. The Labute approximate surface area is 90.9 Å². The number of nitrogen functional groups attached to an aromatic ring is 1. The van der Waals surface area contributed by atoms with E-state index in [0.29, 0.717) is 0 Å². The van der Waals surface area contributed by atoms with E-state index in [-0.39, 0.29) is 0 Å². The molecule has 0 fully saturated rings. The van der Waals surface area contributed by atoms with Gasteiger partial charge < -0.3 is 15.8 Å². The molecule has 0 aliphatic rings. The van der Waals surface area contributed by atoms with Crippen LogP contribution in [0.4, 0.5) is 5.69 Å². The summed E-state index contributed by atoms with van der Waals surface area (Å²) >= 11 is 0. The molecule has 1 rings (SSSR count). The van der Waals surface area contributed by atoms with E-state index in [2.05, 4.69) is 11.4 Å². The molecule has 0 heterocycles. The number of hydrogen-bond donors (Lipinski definition) is 2. The Hall–Kier alpha value is -1.48. The number of anilines is 1. The predicted octanol–water partition coefficient (Wildman–Crippen LogP) is 1.90. The van der Waals surface area contributed by atoms with E-state index in [1.807, 2.05) is 31.3 Å². The van der Waals surface area contributed by atoms with Crippen molar-refractivity contribution >= 4 is 11.8 Å². The molecule has 1 aromatic carbocycles. The third kappa shape index (κ3) is 3.64. The van der Waals surface area contributed by atoms with Gasteiger partial charge in [-0.2, -0.15) is 0 Å². The van der Waals surface area contributed by atoms with E-state index < -0.39 is 0 Å². The van der Waals surface area contributed by atoms with E-state index >= 15 is 0 Å². The van der Waals surface area contributed by atoms with Crippen LogP contribution >= 0.6 is 0 Å². The first-order valence-corrected chi connectivity index (χ1v) is 5.02. The minimum atomic E-state index is 0.754. The van der Waals surface area contributed by atoms with Gasteiger partial charge in [-0.1, -0.05) is 12.2 Å². The van der Waals surface area contributed by atoms with Crippen LogP contribution < -0.4 is 15.8 Å². The molecular formula is C12H18N2O. The second kappa shape index (κ2) is 6.09. The summed E-state index contributed by atoms with van der Waals surface area (Å²) in [6.07, 6.45) is 5.13. The maximum absolute atomic E-state index is 5.71. The van der Waals surface area contributed by atoms with Gasteiger partial charge in [-0.15, -0.1) is 0 Å². The van der Waals surface area contributed by atoms with E-state index in [1.165, 1.54) is 0 Å². The van der Waals surface area contributed by atoms with Crippen LogP contribution in [-0.4, -0.2) is 20.7 Å². The van der Waals surface area contributed by atoms with E-state index in [1.54, 1.807) is 7.11 Å². The van der Waals surface area contributed by atoms with E-state index in [9.17, 15) is 0 Å². The molecule has 0 atom stereocenters. The minimum absolute atomic E-state index is 0.754. The lowest BCUT2D eigenvalue weighted by Gasteiger charge is -2.05. The molecule has 0 amide bonds. The maximum atomic E-state index is 5.71. The van der Waals surface area contributed by atoms with Crippen LogP contribution in [0.2, 0.25) is 0 Å². The van der Waals surface area contributed by atoms with Gasteiger partial charge in [0.2, 0.25) is 0 Å². The summed E-state index contributed by atoms with van der Waals surface area (Å²) < 4.78 is 5.23. The summed E-state index contributed by atoms with van der Waals surface area (Å²) in [5, 5.41) is 3.09. The first-order chi connectivity index (χ1) is 7.27. The Kier molecular flexibility index (Phi) is 4.71. The largest absolute Gasteiger partial charge is 0.496 e. The SMILES string of the molecule is CNCCC=Cc1cc(N)ccc1OC. The van der Waals surface area contributed by atoms with Crippen molar-refractivity contribution in [3.63, 3.8) is 0 Å². The summed E-state index contributed by atoms with van der Waals surface area (Å²) in [5.41, 5.74) is 7.49. The zero-order valence-electron chi connectivity index (χ0n) is 9.29. The van der Waals surface area contributed by atoms with E-state index in [0.717, 1.165) is 30.0 Å². The van der Waals surface area contributed by atoms with Crippen molar-refractivity contribution in [3.05, 3.63) is 29.8 Å². The van der Waals surface area contributed by atoms with Crippen LogP contribution in [0.1, 0.15) is 12.0 Å². The fourth-order valence-corrected chi connectivity index (χ4v) is 1.32. The molecule has 0 radical (unpaired) electrons. The summed E-state index contributed by atoms with van der Waals surface area (Å²) in [5.74, 6) is 0.852. The van der Waals surface area contributed by atoms with E-state index in [4.69, 9.17) is 10.5 Å². The third-order valence-corrected chi connectivity index (χ3v) is 2.11. The fraction of sp³-hybridized carbons (Fsp3) is 0.333. The number of hydrogen-bond acceptors (Lipinski definition) is 3. The molecule has 15 heavy (non-hydrogen) atoms. The van der Waals surface area contributed by atoms with Gasteiger partial charge in [0.15, 0.2) is 0 Å². The topological polar surface area (TPSA) is 47.3 Å². The Morgan fingerprint density at radius 3 is 2.93 bits per heavy atom. The van der Waals surface area contributed by atoms with Crippen molar-refractivity contribution in [1.29, 1.82) is 0 Å². The van der Waals surface area contributed by atoms with Crippen molar-refractivity contribution in [2.24, 2.45) is 0 Å². The highest BCUT2D eigenvalue weighted by atomic mass is 16.5. The molecule has 0 aliphatic heterocycles. The Balaban J connectivity index is 2.73. The van der Waals surface area contributed by atoms with Gasteiger partial charge in [0.25, 0.3) is 0 Å². The molecule has 0 aliphatic carbocycles. The molecule has 0 saturated heterocycles. The van der Waals surface area contributed by atoms with Crippen LogP contribution in [0.15, 0.2) is 24.3 Å². The molecule has 1 aromatic rings. The highest BCUT2D eigenvalue weighted by Crippen LogP contribution is 2.22. The fourth-order valence-electron chi connectivity index (χ4n) is 1.32. The first kappa shape index (κ1) is 11.6. The normalized spacial score (nSPS) is 10.8. The number of ether oxygens (including phenoxy) is 1. The number of benzene rings is 1. The van der Waals surface area contributed by atoms with Crippen LogP contribution in [0.5, 0.6) is 5.75 Å². The lowest BCUT2D eigenvalue weighted by Crippen LogP contribution is -2.05.